The van der Waals surface area contributed by atoms with Crippen LogP contribution in [0.25, 0.3) is 4.96 Å². The van der Waals surface area contributed by atoms with Gasteiger partial charge in [-0.15, -0.1) is 0 Å². The largest absolute Gasteiger partial charge is 0.392 e. The minimum Gasteiger partial charge on any atom is -0.392 e. The lowest BCUT2D eigenvalue weighted by molar-refractivity contribution is 0.280. The highest BCUT2D eigenvalue weighted by molar-refractivity contribution is 7.14. The summed E-state index contributed by atoms with van der Waals surface area (Å²) in [6, 6.07) is 2.29. The maximum Gasteiger partial charge on any atom is 0.212 e. The molecule has 0 saturated heterocycles. The zero-order valence-corrected chi connectivity index (χ0v) is 14.7. The molecule has 0 spiro atoms. The molecule has 2 N–H and O–H groups in total. The molecule has 5 nitrogen and oxygen atoms in total. The predicted octanol–water partition coefficient (Wildman–Crippen LogP) is 3.06. The van der Waals surface area contributed by atoms with E-state index in [-0.39, 0.29) is 12.6 Å². The molecule has 2 aromatic heterocycles. The van der Waals surface area contributed by atoms with E-state index in [1.807, 2.05) is 10.7 Å². The normalized spacial score (nSPS) is 12.9. The maximum atomic E-state index is 9.59. The average molecular weight is 330 g/mol. The number of nitrogens with zero attached hydrogens (tertiary/aromatic N) is 3. The van der Waals surface area contributed by atoms with E-state index in [0.29, 0.717) is 0 Å². The van der Waals surface area contributed by atoms with Crippen LogP contribution in [0.15, 0.2) is 17.8 Å². The van der Waals surface area contributed by atoms with Crippen LogP contribution < -0.4 is 5.32 Å². The number of hydrogen-bond acceptors (Lipinski definition) is 5. The summed E-state index contributed by atoms with van der Waals surface area (Å²) in [7, 11) is 0. The molecular weight excluding hydrogens is 308 g/mol. The second-order valence-corrected chi connectivity index (χ2v) is 6.80. The zero-order valence-electron chi connectivity index (χ0n) is 13.9. The first-order valence-corrected chi connectivity index (χ1v) is 8.60. The molecule has 0 fully saturated rings. The molecule has 23 heavy (non-hydrogen) atoms. The Morgan fingerprint density at radius 3 is 2.70 bits per heavy atom. The Morgan fingerprint density at radius 1 is 1.26 bits per heavy atom. The van der Waals surface area contributed by atoms with Crippen LogP contribution in [0, 0.1) is 20.8 Å². The summed E-state index contributed by atoms with van der Waals surface area (Å²) < 4.78 is 1.81. The van der Waals surface area contributed by atoms with E-state index >= 15 is 0 Å². The van der Waals surface area contributed by atoms with Crippen molar-refractivity contribution in [1.29, 1.82) is 0 Å². The molecule has 0 aliphatic heterocycles. The van der Waals surface area contributed by atoms with Crippen molar-refractivity contribution in [2.45, 2.75) is 46.9 Å². The van der Waals surface area contributed by atoms with Crippen molar-refractivity contribution in [2.24, 2.45) is 0 Å². The van der Waals surface area contributed by atoms with Crippen molar-refractivity contribution in [3.8, 4) is 0 Å². The van der Waals surface area contributed by atoms with Gasteiger partial charge in [0.25, 0.3) is 0 Å². The van der Waals surface area contributed by atoms with Crippen LogP contribution in [0.5, 0.6) is 0 Å². The van der Waals surface area contributed by atoms with E-state index in [1.54, 1.807) is 5.51 Å². The van der Waals surface area contributed by atoms with Crippen molar-refractivity contribution in [2.75, 3.05) is 0 Å². The van der Waals surface area contributed by atoms with E-state index < -0.39 is 0 Å². The zero-order chi connectivity index (χ0) is 16.6. The van der Waals surface area contributed by atoms with Crippen LogP contribution in [-0.2, 0) is 13.2 Å². The maximum absolute atomic E-state index is 9.59. The number of hydrogen-bond donors (Lipinski definition) is 2. The molecule has 1 atom stereocenters. The molecule has 0 radical (unpaired) electrons. The van der Waals surface area contributed by atoms with Crippen molar-refractivity contribution >= 4 is 16.3 Å². The number of nitrogens with one attached hydrogen (secondary N) is 1. The van der Waals surface area contributed by atoms with Crippen molar-refractivity contribution in [1.82, 2.24) is 19.9 Å². The molecule has 2 heterocycles. The van der Waals surface area contributed by atoms with Crippen molar-refractivity contribution in [3.63, 3.8) is 0 Å². The smallest absolute Gasteiger partial charge is 0.212 e. The number of benzene rings is 1. The molecule has 3 rings (SSSR count). The third-order valence-corrected chi connectivity index (χ3v) is 5.17. The minimum absolute atomic E-state index is 0.0868. The SMILES string of the molecule is Cc1cc(C)c(CN[C@@H](C)c2cn3ncsc3n2)c(C)c1CO. The number of fused-ring (bicyclic) bond motifs is 1. The van der Waals surface area contributed by atoms with Gasteiger partial charge in [-0.05, 0) is 55.5 Å². The number of rotatable bonds is 5. The molecule has 122 valence electrons. The highest BCUT2D eigenvalue weighted by Crippen LogP contribution is 2.23. The summed E-state index contributed by atoms with van der Waals surface area (Å²) in [5, 5.41) is 17.3. The second kappa shape index (κ2) is 6.39. The molecule has 0 saturated carbocycles. The lowest BCUT2D eigenvalue weighted by Gasteiger charge is -2.18. The molecule has 3 aromatic rings. The third-order valence-electron chi connectivity index (χ3n) is 4.48. The Morgan fingerprint density at radius 2 is 2.00 bits per heavy atom. The van der Waals surface area contributed by atoms with Crippen molar-refractivity contribution < 1.29 is 5.11 Å². The Kier molecular flexibility index (Phi) is 4.48. The van der Waals surface area contributed by atoms with Crippen LogP contribution in [-0.4, -0.2) is 19.7 Å². The lowest BCUT2D eigenvalue weighted by atomic mass is 9.93. The average Bonchev–Trinajstić information content (AvgIpc) is 3.08. The Balaban J connectivity index is 1.78. The predicted molar refractivity (Wildman–Crippen MR) is 92.7 cm³/mol. The monoisotopic (exact) mass is 330 g/mol. The standard InChI is InChI=1S/C17H22N4OS/c1-10-5-11(2)15(8-22)12(3)14(10)6-18-13(4)16-7-21-17(20-16)23-9-19-21/h5,7,9,13,18,22H,6,8H2,1-4H3/t13-/m0/s1. The Hall–Kier alpha value is -1.76. The lowest BCUT2D eigenvalue weighted by Crippen LogP contribution is -2.20. The van der Waals surface area contributed by atoms with Crippen LogP contribution >= 0.6 is 11.3 Å². The van der Waals surface area contributed by atoms with E-state index in [0.717, 1.165) is 28.3 Å². The Labute approximate surface area is 140 Å². The number of aliphatic hydroxyl groups excluding tert-OH is 1. The highest BCUT2D eigenvalue weighted by atomic mass is 32.1. The fourth-order valence-electron chi connectivity index (χ4n) is 3.01. The van der Waals surface area contributed by atoms with Gasteiger partial charge in [-0.25, -0.2) is 9.50 Å². The van der Waals surface area contributed by atoms with Gasteiger partial charge < -0.3 is 10.4 Å². The van der Waals surface area contributed by atoms with Gasteiger partial charge in [0, 0.05) is 12.6 Å². The van der Waals surface area contributed by atoms with Gasteiger partial charge in [0.05, 0.1) is 18.5 Å². The fourth-order valence-corrected chi connectivity index (χ4v) is 3.62. The van der Waals surface area contributed by atoms with Gasteiger partial charge in [-0.3, -0.25) is 0 Å². The molecule has 0 unspecified atom stereocenters. The van der Waals surface area contributed by atoms with Gasteiger partial charge in [0.15, 0.2) is 0 Å². The van der Waals surface area contributed by atoms with Gasteiger partial charge in [0.2, 0.25) is 4.96 Å². The second-order valence-electron chi connectivity index (χ2n) is 5.98. The van der Waals surface area contributed by atoms with E-state index in [4.69, 9.17) is 0 Å². The Bertz CT molecular complexity index is 808. The minimum atomic E-state index is 0.0868. The first-order chi connectivity index (χ1) is 11.0. The highest BCUT2D eigenvalue weighted by Gasteiger charge is 2.14. The molecular formula is C17H22N4OS. The number of aliphatic hydroxyl groups is 1. The summed E-state index contributed by atoms with van der Waals surface area (Å²) in [6.45, 7) is 9.21. The first kappa shape index (κ1) is 16.1. The molecule has 0 aliphatic carbocycles. The summed E-state index contributed by atoms with van der Waals surface area (Å²) in [5.41, 5.74) is 8.66. The topological polar surface area (TPSA) is 62.5 Å². The molecule has 0 amide bonds. The molecule has 0 aliphatic rings. The van der Waals surface area contributed by atoms with Gasteiger partial charge in [0.1, 0.15) is 5.51 Å². The van der Waals surface area contributed by atoms with E-state index in [2.05, 4.69) is 49.2 Å². The summed E-state index contributed by atoms with van der Waals surface area (Å²) in [6.07, 6.45) is 1.97. The third kappa shape index (κ3) is 3.02. The van der Waals surface area contributed by atoms with Gasteiger partial charge >= 0.3 is 0 Å². The van der Waals surface area contributed by atoms with Crippen LogP contribution in [0.1, 0.15) is 46.5 Å². The fraction of sp³-hybridized carbons (Fsp3) is 0.412. The number of aromatic nitrogens is 3. The van der Waals surface area contributed by atoms with Gasteiger partial charge in [-0.1, -0.05) is 17.4 Å². The molecule has 6 heteroatoms. The van der Waals surface area contributed by atoms with Crippen LogP contribution in [0.4, 0.5) is 0 Å². The molecule has 0 bridgehead atoms. The summed E-state index contributed by atoms with van der Waals surface area (Å²) in [4.78, 5) is 5.51. The molecule has 1 aromatic carbocycles. The summed E-state index contributed by atoms with van der Waals surface area (Å²) in [5.74, 6) is 0. The van der Waals surface area contributed by atoms with Crippen LogP contribution in [0.3, 0.4) is 0 Å². The van der Waals surface area contributed by atoms with Gasteiger partial charge in [-0.2, -0.15) is 5.10 Å². The summed E-state index contributed by atoms with van der Waals surface area (Å²) >= 11 is 1.54. The van der Waals surface area contributed by atoms with E-state index in [9.17, 15) is 5.11 Å². The quantitative estimate of drug-likeness (QED) is 0.755. The van der Waals surface area contributed by atoms with E-state index in [1.165, 1.54) is 28.0 Å². The number of imidazole rings is 1. The van der Waals surface area contributed by atoms with Crippen LogP contribution in [0.2, 0.25) is 0 Å². The first-order valence-electron chi connectivity index (χ1n) is 7.72. The van der Waals surface area contributed by atoms with Crippen molar-refractivity contribution in [3.05, 3.63) is 51.3 Å². The number of aryl methyl sites for hydroxylation is 2.